The van der Waals surface area contributed by atoms with Crippen LogP contribution in [0.1, 0.15) is 43.2 Å². The fourth-order valence-corrected chi connectivity index (χ4v) is 2.82. The maximum atomic E-state index is 11.8. The van der Waals surface area contributed by atoms with E-state index in [1.54, 1.807) is 0 Å². The second-order valence-corrected chi connectivity index (χ2v) is 5.56. The molecule has 0 fully saturated rings. The Labute approximate surface area is 120 Å². The van der Waals surface area contributed by atoms with Crippen molar-refractivity contribution in [1.82, 2.24) is 10.6 Å². The zero-order valence-corrected chi connectivity index (χ0v) is 12.1. The second-order valence-electron chi connectivity index (χ2n) is 5.56. The molecule has 1 aromatic rings. The number of aliphatic hydroxyl groups is 1. The van der Waals surface area contributed by atoms with Crippen LogP contribution in [0.15, 0.2) is 24.3 Å². The maximum absolute atomic E-state index is 11.8. The number of amides is 2. The lowest BCUT2D eigenvalue weighted by Gasteiger charge is -2.26. The Hall–Kier alpha value is -1.55. The van der Waals surface area contributed by atoms with E-state index in [0.717, 1.165) is 12.8 Å². The minimum atomic E-state index is -0.144. The topological polar surface area (TPSA) is 61.4 Å². The highest BCUT2D eigenvalue weighted by molar-refractivity contribution is 5.74. The minimum Gasteiger partial charge on any atom is -0.396 e. The fraction of sp³-hybridized carbons (Fsp3) is 0.562. The Bertz CT molecular complexity index is 448. The van der Waals surface area contributed by atoms with Gasteiger partial charge in [-0.2, -0.15) is 0 Å². The van der Waals surface area contributed by atoms with E-state index in [0.29, 0.717) is 18.9 Å². The van der Waals surface area contributed by atoms with Gasteiger partial charge in [-0.15, -0.1) is 0 Å². The number of rotatable bonds is 5. The summed E-state index contributed by atoms with van der Waals surface area (Å²) in [5, 5.41) is 14.6. The van der Waals surface area contributed by atoms with Crippen molar-refractivity contribution in [2.75, 3.05) is 13.2 Å². The molecule has 2 atom stereocenters. The van der Waals surface area contributed by atoms with E-state index in [1.165, 1.54) is 17.5 Å². The maximum Gasteiger partial charge on any atom is 0.315 e. The van der Waals surface area contributed by atoms with Crippen molar-refractivity contribution in [2.45, 2.75) is 44.6 Å². The van der Waals surface area contributed by atoms with Crippen LogP contribution in [0.4, 0.5) is 4.79 Å². The average Bonchev–Trinajstić information content (AvgIpc) is 2.45. The van der Waals surface area contributed by atoms with Crippen molar-refractivity contribution in [1.29, 1.82) is 0 Å². The van der Waals surface area contributed by atoms with Gasteiger partial charge in [-0.05, 0) is 43.7 Å². The molecule has 0 bridgehead atoms. The number of aryl methyl sites for hydroxylation is 1. The van der Waals surface area contributed by atoms with Crippen LogP contribution >= 0.6 is 0 Å². The molecule has 2 rings (SSSR count). The average molecular weight is 276 g/mol. The Kier molecular flexibility index (Phi) is 5.41. The third-order valence-corrected chi connectivity index (χ3v) is 3.94. The first kappa shape index (κ1) is 14.9. The third kappa shape index (κ3) is 3.97. The van der Waals surface area contributed by atoms with Gasteiger partial charge in [0, 0.05) is 25.1 Å². The normalized spacial score (nSPS) is 19.0. The van der Waals surface area contributed by atoms with Gasteiger partial charge in [-0.1, -0.05) is 24.3 Å². The molecule has 20 heavy (non-hydrogen) atoms. The highest BCUT2D eigenvalue weighted by Gasteiger charge is 2.20. The molecule has 0 saturated heterocycles. The van der Waals surface area contributed by atoms with Crippen LogP contribution in [0.2, 0.25) is 0 Å². The van der Waals surface area contributed by atoms with Crippen LogP contribution in [0, 0.1) is 0 Å². The first-order valence-electron chi connectivity index (χ1n) is 7.43. The highest BCUT2D eigenvalue weighted by atomic mass is 16.3. The third-order valence-electron chi connectivity index (χ3n) is 3.94. The lowest BCUT2D eigenvalue weighted by molar-refractivity contribution is 0.230. The molecule has 2 amide bonds. The van der Waals surface area contributed by atoms with Crippen LogP contribution in [0.25, 0.3) is 0 Å². The molecule has 0 spiro atoms. The molecule has 1 aliphatic carbocycles. The Morgan fingerprint density at radius 1 is 1.45 bits per heavy atom. The number of carbonyl (C=O) groups excluding carboxylic acids is 1. The lowest BCUT2D eigenvalue weighted by atomic mass is 9.83. The number of fused-ring (bicyclic) bond motifs is 1. The summed E-state index contributed by atoms with van der Waals surface area (Å²) in [7, 11) is 0. The molecule has 1 unspecified atom stereocenters. The molecular weight excluding hydrogens is 252 g/mol. The Morgan fingerprint density at radius 2 is 2.25 bits per heavy atom. The summed E-state index contributed by atoms with van der Waals surface area (Å²) in [5.74, 6) is 0.416. The molecule has 0 radical (unpaired) electrons. The predicted octanol–water partition coefficient (Wildman–Crippen LogP) is 2.18. The van der Waals surface area contributed by atoms with Gasteiger partial charge in [0.2, 0.25) is 0 Å². The monoisotopic (exact) mass is 276 g/mol. The molecule has 110 valence electrons. The fourth-order valence-electron chi connectivity index (χ4n) is 2.82. The second kappa shape index (κ2) is 7.29. The number of aliphatic hydroxyl groups excluding tert-OH is 1. The summed E-state index contributed by atoms with van der Waals surface area (Å²) < 4.78 is 0. The SMILES string of the molecule is C[C@H](CCO)NC(=O)NCC1CCCc2ccccc21. The first-order valence-corrected chi connectivity index (χ1v) is 7.43. The van der Waals surface area contributed by atoms with Crippen LogP contribution in [0.5, 0.6) is 0 Å². The molecular formula is C16H24N2O2. The van der Waals surface area contributed by atoms with Gasteiger partial charge in [0.15, 0.2) is 0 Å². The van der Waals surface area contributed by atoms with Crippen LogP contribution in [-0.2, 0) is 6.42 Å². The smallest absolute Gasteiger partial charge is 0.315 e. The number of nitrogens with one attached hydrogen (secondary N) is 2. The number of hydrogen-bond acceptors (Lipinski definition) is 2. The van der Waals surface area contributed by atoms with Gasteiger partial charge in [0.1, 0.15) is 0 Å². The van der Waals surface area contributed by atoms with Crippen molar-refractivity contribution in [2.24, 2.45) is 0 Å². The van der Waals surface area contributed by atoms with E-state index in [9.17, 15) is 4.79 Å². The molecule has 0 aromatic heterocycles. The van der Waals surface area contributed by atoms with E-state index in [4.69, 9.17) is 5.11 Å². The summed E-state index contributed by atoms with van der Waals surface area (Å²) in [4.78, 5) is 11.8. The quantitative estimate of drug-likeness (QED) is 0.772. The number of hydrogen-bond donors (Lipinski definition) is 3. The van der Waals surface area contributed by atoms with Gasteiger partial charge in [0.05, 0.1) is 0 Å². The summed E-state index contributed by atoms with van der Waals surface area (Å²) in [6.45, 7) is 2.66. The summed E-state index contributed by atoms with van der Waals surface area (Å²) in [6, 6.07) is 8.36. The van der Waals surface area contributed by atoms with E-state index in [2.05, 4.69) is 34.9 Å². The van der Waals surface area contributed by atoms with Crippen LogP contribution in [-0.4, -0.2) is 30.3 Å². The molecule has 4 heteroatoms. The molecule has 0 heterocycles. The van der Waals surface area contributed by atoms with E-state index >= 15 is 0 Å². The highest BCUT2D eigenvalue weighted by Crippen LogP contribution is 2.30. The molecule has 4 nitrogen and oxygen atoms in total. The van der Waals surface area contributed by atoms with Crippen molar-refractivity contribution < 1.29 is 9.90 Å². The van der Waals surface area contributed by atoms with Crippen LogP contribution in [0.3, 0.4) is 0 Å². The molecule has 1 aromatic carbocycles. The van der Waals surface area contributed by atoms with Gasteiger partial charge in [-0.3, -0.25) is 0 Å². The molecule has 0 saturated carbocycles. The zero-order valence-electron chi connectivity index (χ0n) is 12.1. The lowest BCUT2D eigenvalue weighted by Crippen LogP contribution is -2.42. The van der Waals surface area contributed by atoms with Crippen molar-refractivity contribution >= 4 is 6.03 Å². The number of carbonyl (C=O) groups is 1. The number of benzene rings is 1. The largest absolute Gasteiger partial charge is 0.396 e. The summed E-state index contributed by atoms with van der Waals surface area (Å²) in [5.41, 5.74) is 2.79. The first-order chi connectivity index (χ1) is 9.70. The van der Waals surface area contributed by atoms with Crippen molar-refractivity contribution in [3.63, 3.8) is 0 Å². The van der Waals surface area contributed by atoms with Gasteiger partial charge in [-0.25, -0.2) is 4.79 Å². The van der Waals surface area contributed by atoms with E-state index < -0.39 is 0 Å². The zero-order chi connectivity index (χ0) is 14.4. The van der Waals surface area contributed by atoms with Gasteiger partial charge in [0.25, 0.3) is 0 Å². The Morgan fingerprint density at radius 3 is 3.05 bits per heavy atom. The molecule has 3 N–H and O–H groups in total. The number of urea groups is 1. The molecule has 1 aliphatic rings. The molecule has 0 aliphatic heterocycles. The minimum absolute atomic E-state index is 0.00126. The summed E-state index contributed by atoms with van der Waals surface area (Å²) >= 11 is 0. The van der Waals surface area contributed by atoms with Crippen LogP contribution < -0.4 is 10.6 Å². The van der Waals surface area contributed by atoms with Gasteiger partial charge < -0.3 is 15.7 Å². The van der Waals surface area contributed by atoms with Crippen molar-refractivity contribution in [3.8, 4) is 0 Å². The van der Waals surface area contributed by atoms with E-state index in [-0.39, 0.29) is 18.7 Å². The predicted molar refractivity (Wildman–Crippen MR) is 79.8 cm³/mol. The van der Waals surface area contributed by atoms with E-state index in [1.807, 2.05) is 6.92 Å². The Balaban J connectivity index is 1.84. The van der Waals surface area contributed by atoms with Gasteiger partial charge >= 0.3 is 6.03 Å². The standard InChI is InChI=1S/C16H24N2O2/c1-12(9-10-19)18-16(20)17-11-14-7-4-6-13-5-2-3-8-15(13)14/h2-3,5,8,12,14,19H,4,6-7,9-11H2,1H3,(H2,17,18,20)/t12-,14?/m1/s1. The summed E-state index contributed by atoms with van der Waals surface area (Å²) in [6.07, 6.45) is 4.04. The van der Waals surface area contributed by atoms with Crippen molar-refractivity contribution in [3.05, 3.63) is 35.4 Å².